The number of likely N-dealkylation sites (tertiary alicyclic amines) is 1. The number of ether oxygens (including phenoxy) is 2. The molecule has 1 unspecified atom stereocenters. The van der Waals surface area contributed by atoms with Gasteiger partial charge in [-0.2, -0.15) is 0 Å². The molecule has 0 bridgehead atoms. The lowest BCUT2D eigenvalue weighted by atomic mass is 9.92. The van der Waals surface area contributed by atoms with Crippen LogP contribution in [0.4, 0.5) is 4.79 Å². The minimum atomic E-state index is -0.703. The fraction of sp³-hybridized carbons (Fsp3) is 0.600. The number of hydrogen-bond donors (Lipinski definition) is 0. The Kier molecular flexibility index (Phi) is 6.45. The van der Waals surface area contributed by atoms with Gasteiger partial charge in [-0.15, -0.1) is 0 Å². The largest absolute Gasteiger partial charge is 0.510 e. The van der Waals surface area contributed by atoms with E-state index in [9.17, 15) is 9.59 Å². The molecule has 0 spiro atoms. The van der Waals surface area contributed by atoms with Crippen LogP contribution in [0.2, 0.25) is 0 Å². The van der Waals surface area contributed by atoms with E-state index in [0.717, 1.165) is 29.5 Å². The summed E-state index contributed by atoms with van der Waals surface area (Å²) in [7, 11) is 0. The average Bonchev–Trinajstić information content (AvgIpc) is 2.57. The minimum Gasteiger partial charge on any atom is -0.435 e. The van der Waals surface area contributed by atoms with E-state index < -0.39 is 12.4 Å². The molecular formula is C20H29NO4. The van der Waals surface area contributed by atoms with E-state index in [1.165, 1.54) is 11.1 Å². The maximum absolute atomic E-state index is 12.9. The third-order valence-corrected chi connectivity index (χ3v) is 5.11. The molecule has 138 valence electrons. The second kappa shape index (κ2) is 8.37. The molecule has 0 N–H and O–H groups in total. The number of piperidine rings is 1. The molecule has 25 heavy (non-hydrogen) atoms. The Morgan fingerprint density at radius 1 is 1.12 bits per heavy atom. The Bertz CT molecular complexity index is 627. The van der Waals surface area contributed by atoms with E-state index in [-0.39, 0.29) is 12.5 Å². The van der Waals surface area contributed by atoms with Gasteiger partial charge in [-0.05, 0) is 75.3 Å². The van der Waals surface area contributed by atoms with Gasteiger partial charge in [-0.3, -0.25) is 4.79 Å². The van der Waals surface area contributed by atoms with Crippen LogP contribution in [0, 0.1) is 27.7 Å². The highest BCUT2D eigenvalue weighted by Crippen LogP contribution is 2.25. The van der Waals surface area contributed by atoms with Gasteiger partial charge >= 0.3 is 6.16 Å². The van der Waals surface area contributed by atoms with Gasteiger partial charge in [0.2, 0.25) is 5.91 Å². The smallest absolute Gasteiger partial charge is 0.435 e. The zero-order valence-electron chi connectivity index (χ0n) is 16.0. The first-order valence-electron chi connectivity index (χ1n) is 9.04. The van der Waals surface area contributed by atoms with Crippen molar-refractivity contribution in [1.29, 1.82) is 0 Å². The number of benzene rings is 1. The zero-order valence-corrected chi connectivity index (χ0v) is 16.0. The van der Waals surface area contributed by atoms with Crippen molar-refractivity contribution in [3.05, 3.63) is 33.9 Å². The van der Waals surface area contributed by atoms with Crippen LogP contribution in [0.1, 0.15) is 54.0 Å². The quantitative estimate of drug-likeness (QED) is 0.773. The summed E-state index contributed by atoms with van der Waals surface area (Å²) >= 11 is 0. The molecule has 1 atom stereocenters. The molecule has 1 saturated heterocycles. The van der Waals surface area contributed by atoms with Crippen molar-refractivity contribution in [1.82, 2.24) is 4.90 Å². The number of aryl methyl sites for hydroxylation is 2. The first kappa shape index (κ1) is 19.3. The summed E-state index contributed by atoms with van der Waals surface area (Å²) in [6.07, 6.45) is 1.64. The fourth-order valence-electron chi connectivity index (χ4n) is 3.39. The molecule has 1 aliphatic rings. The van der Waals surface area contributed by atoms with Gasteiger partial charge in [0.1, 0.15) is 0 Å². The van der Waals surface area contributed by atoms with Gasteiger partial charge < -0.3 is 14.4 Å². The van der Waals surface area contributed by atoms with Crippen LogP contribution in [0.5, 0.6) is 0 Å². The molecule has 0 aromatic heterocycles. The summed E-state index contributed by atoms with van der Waals surface area (Å²) in [6.45, 7) is 10.9. The van der Waals surface area contributed by atoms with Gasteiger partial charge in [0.15, 0.2) is 6.23 Å². The molecule has 1 fully saturated rings. The Hall–Kier alpha value is -2.04. The van der Waals surface area contributed by atoms with Crippen molar-refractivity contribution in [2.24, 2.45) is 0 Å². The molecule has 0 radical (unpaired) electrons. The first-order chi connectivity index (χ1) is 11.8. The molecule has 0 aliphatic carbocycles. The number of nitrogens with zero attached hydrogens (tertiary/aromatic N) is 1. The maximum Gasteiger partial charge on any atom is 0.510 e. The van der Waals surface area contributed by atoms with E-state index in [1.54, 1.807) is 11.8 Å². The highest BCUT2D eigenvalue weighted by Gasteiger charge is 2.30. The van der Waals surface area contributed by atoms with Crippen LogP contribution in [-0.2, 0) is 20.7 Å². The molecule has 1 aromatic carbocycles. The summed E-state index contributed by atoms with van der Waals surface area (Å²) in [5.74, 6) is 0.00481. The van der Waals surface area contributed by atoms with Crippen LogP contribution in [0.3, 0.4) is 0 Å². The highest BCUT2D eigenvalue weighted by molar-refractivity contribution is 5.80. The van der Waals surface area contributed by atoms with E-state index in [0.29, 0.717) is 19.4 Å². The van der Waals surface area contributed by atoms with Crippen LogP contribution in [0.15, 0.2) is 6.07 Å². The molecule has 5 heteroatoms. The molecule has 0 saturated carbocycles. The normalized spacial score (nSPS) is 17.3. The third-order valence-electron chi connectivity index (χ3n) is 5.11. The van der Waals surface area contributed by atoms with Crippen molar-refractivity contribution in [2.75, 3.05) is 13.2 Å². The van der Waals surface area contributed by atoms with Crippen molar-refractivity contribution in [3.63, 3.8) is 0 Å². The average molecular weight is 347 g/mol. The second-order valence-electron chi connectivity index (χ2n) is 6.75. The van der Waals surface area contributed by atoms with E-state index in [2.05, 4.69) is 33.8 Å². The van der Waals surface area contributed by atoms with Gasteiger partial charge in [0.25, 0.3) is 0 Å². The standard InChI is InChI=1S/C20H29NO4/c1-6-24-20(23)25-19-9-7-8-10-21(19)18(22)12-17-15(4)13(2)11-14(3)16(17)5/h11,19H,6-10,12H2,1-5H3. The SMILES string of the molecule is CCOC(=O)OC1CCCCN1C(=O)Cc1c(C)c(C)cc(C)c1C. The van der Waals surface area contributed by atoms with Gasteiger partial charge in [-0.1, -0.05) is 6.07 Å². The Labute approximate surface area is 150 Å². The lowest BCUT2D eigenvalue weighted by molar-refractivity contribution is -0.145. The maximum atomic E-state index is 12.9. The second-order valence-corrected chi connectivity index (χ2v) is 6.75. The molecular weight excluding hydrogens is 318 g/mol. The predicted octanol–water partition coefficient (Wildman–Crippen LogP) is 3.97. The van der Waals surface area contributed by atoms with Crippen LogP contribution in [0.25, 0.3) is 0 Å². The summed E-state index contributed by atoms with van der Waals surface area (Å²) in [4.78, 5) is 26.3. The van der Waals surface area contributed by atoms with Crippen LogP contribution < -0.4 is 0 Å². The molecule has 1 aliphatic heterocycles. The van der Waals surface area contributed by atoms with Crippen molar-refractivity contribution in [2.45, 2.75) is 66.5 Å². The number of amides is 1. The number of rotatable bonds is 4. The summed E-state index contributed by atoms with van der Waals surface area (Å²) in [5, 5.41) is 0. The number of carbonyl (C=O) groups is 2. The molecule has 1 heterocycles. The fourth-order valence-corrected chi connectivity index (χ4v) is 3.39. The van der Waals surface area contributed by atoms with E-state index >= 15 is 0 Å². The van der Waals surface area contributed by atoms with E-state index in [1.807, 2.05) is 0 Å². The third kappa shape index (κ3) is 4.53. The monoisotopic (exact) mass is 347 g/mol. The molecule has 2 rings (SSSR count). The van der Waals surface area contributed by atoms with Crippen LogP contribution >= 0.6 is 0 Å². The summed E-state index contributed by atoms with van der Waals surface area (Å²) < 4.78 is 10.2. The van der Waals surface area contributed by atoms with Crippen molar-refractivity contribution < 1.29 is 19.1 Å². The minimum absolute atomic E-state index is 0.00481. The molecule has 5 nitrogen and oxygen atoms in total. The zero-order chi connectivity index (χ0) is 18.6. The Morgan fingerprint density at radius 2 is 1.76 bits per heavy atom. The van der Waals surface area contributed by atoms with Gasteiger partial charge in [0.05, 0.1) is 13.0 Å². The highest BCUT2D eigenvalue weighted by atomic mass is 16.7. The Morgan fingerprint density at radius 3 is 2.36 bits per heavy atom. The van der Waals surface area contributed by atoms with Gasteiger partial charge in [-0.25, -0.2) is 4.79 Å². The Balaban J connectivity index is 2.17. The lowest BCUT2D eigenvalue weighted by Crippen LogP contribution is -2.46. The van der Waals surface area contributed by atoms with Crippen LogP contribution in [-0.4, -0.2) is 36.3 Å². The van der Waals surface area contributed by atoms with Gasteiger partial charge in [0, 0.05) is 13.0 Å². The molecule has 1 amide bonds. The number of carbonyl (C=O) groups excluding carboxylic acids is 2. The lowest BCUT2D eigenvalue weighted by Gasteiger charge is -2.35. The van der Waals surface area contributed by atoms with E-state index in [4.69, 9.17) is 9.47 Å². The number of hydrogen-bond acceptors (Lipinski definition) is 4. The topological polar surface area (TPSA) is 55.8 Å². The van der Waals surface area contributed by atoms with Crippen molar-refractivity contribution in [3.8, 4) is 0 Å². The summed E-state index contributed by atoms with van der Waals surface area (Å²) in [5.41, 5.74) is 5.81. The molecule has 1 aromatic rings. The summed E-state index contributed by atoms with van der Waals surface area (Å²) in [6, 6.07) is 2.16. The predicted molar refractivity (Wildman–Crippen MR) is 96.6 cm³/mol. The first-order valence-corrected chi connectivity index (χ1v) is 9.04. The van der Waals surface area contributed by atoms with Crippen molar-refractivity contribution >= 4 is 12.1 Å².